The van der Waals surface area contributed by atoms with Crippen LogP contribution in [0.5, 0.6) is 0 Å². The van der Waals surface area contributed by atoms with E-state index in [-0.39, 0.29) is 5.56 Å². The fraction of sp³-hybridized carbons (Fsp3) is 0.273. The lowest BCUT2D eigenvalue weighted by molar-refractivity contribution is 0.208. The van der Waals surface area contributed by atoms with Crippen LogP contribution in [0.25, 0.3) is 27.7 Å². The van der Waals surface area contributed by atoms with E-state index in [9.17, 15) is 9.90 Å². The number of aliphatic hydroxyl groups is 1. The molecule has 31 heavy (non-hydrogen) atoms. The van der Waals surface area contributed by atoms with Crippen molar-refractivity contribution in [2.45, 2.75) is 33.0 Å². The molecule has 0 radical (unpaired) electrons. The van der Waals surface area contributed by atoms with E-state index in [4.69, 9.17) is 0 Å². The van der Waals surface area contributed by atoms with Crippen molar-refractivity contribution in [3.8, 4) is 0 Å². The molecule has 5 rings (SSSR count). The molecule has 5 aromatic rings. The van der Waals surface area contributed by atoms with Gasteiger partial charge in [-0.15, -0.1) is 10.2 Å². The van der Waals surface area contributed by atoms with Crippen molar-refractivity contribution >= 4 is 33.7 Å². The van der Waals surface area contributed by atoms with Crippen LogP contribution in [0, 0.1) is 0 Å². The van der Waals surface area contributed by atoms with E-state index in [2.05, 4.69) is 20.5 Å². The van der Waals surface area contributed by atoms with Crippen LogP contribution in [0.1, 0.15) is 19.7 Å². The first-order valence-corrected chi connectivity index (χ1v) is 10.3. The number of aromatic nitrogens is 6. The summed E-state index contributed by atoms with van der Waals surface area (Å²) in [6.07, 6.45) is -0.509. The van der Waals surface area contributed by atoms with Crippen LogP contribution >= 0.6 is 0 Å². The largest absolute Gasteiger partial charge is 0.392 e. The van der Waals surface area contributed by atoms with Crippen LogP contribution in [-0.4, -0.2) is 46.5 Å². The van der Waals surface area contributed by atoms with Crippen molar-refractivity contribution in [1.29, 1.82) is 0 Å². The average molecular weight is 417 g/mol. The molecule has 3 aromatic heterocycles. The van der Waals surface area contributed by atoms with Crippen LogP contribution in [-0.2, 0) is 13.1 Å². The standard InChI is InChI=1S/C22H23N7O2/c1-3-27-20(31)15-8-4-6-10-17(15)29-19(25-26-22(27)29)13-28-18-11-7-5-9-16(18)24-21(28)23-12-14(2)30/h4-11,14,30H,3,12-13H2,1-2H3,(H,23,24). The van der Waals surface area contributed by atoms with Crippen LogP contribution < -0.4 is 10.9 Å². The number of para-hydroxylation sites is 3. The van der Waals surface area contributed by atoms with Gasteiger partial charge in [-0.3, -0.25) is 13.8 Å². The summed E-state index contributed by atoms with van der Waals surface area (Å²) in [5, 5.41) is 22.4. The van der Waals surface area contributed by atoms with E-state index in [0.717, 1.165) is 16.6 Å². The van der Waals surface area contributed by atoms with Gasteiger partial charge >= 0.3 is 0 Å². The monoisotopic (exact) mass is 417 g/mol. The minimum Gasteiger partial charge on any atom is -0.392 e. The van der Waals surface area contributed by atoms with Crippen LogP contribution in [0.2, 0.25) is 0 Å². The van der Waals surface area contributed by atoms with Gasteiger partial charge in [0, 0.05) is 13.1 Å². The Morgan fingerprint density at radius 3 is 2.55 bits per heavy atom. The van der Waals surface area contributed by atoms with Crippen molar-refractivity contribution in [3.05, 3.63) is 64.7 Å². The average Bonchev–Trinajstić information content (AvgIpc) is 3.35. The first-order chi connectivity index (χ1) is 15.1. The molecule has 0 aliphatic heterocycles. The molecule has 0 amide bonds. The maximum atomic E-state index is 12.9. The van der Waals surface area contributed by atoms with E-state index >= 15 is 0 Å². The van der Waals surface area contributed by atoms with Crippen LogP contribution in [0.15, 0.2) is 53.3 Å². The molecule has 0 aliphatic carbocycles. The molecule has 0 spiro atoms. The summed E-state index contributed by atoms with van der Waals surface area (Å²) in [6.45, 7) is 4.92. The van der Waals surface area contributed by atoms with Crippen LogP contribution in [0.3, 0.4) is 0 Å². The Hall–Kier alpha value is -3.72. The number of aryl methyl sites for hydroxylation is 1. The van der Waals surface area contributed by atoms with Gasteiger partial charge in [0.2, 0.25) is 11.7 Å². The lowest BCUT2D eigenvalue weighted by atomic mass is 10.2. The van der Waals surface area contributed by atoms with Crippen molar-refractivity contribution in [1.82, 2.24) is 28.7 Å². The first-order valence-electron chi connectivity index (χ1n) is 10.3. The molecule has 0 saturated carbocycles. The number of rotatable bonds is 6. The Bertz CT molecular complexity index is 1460. The number of aliphatic hydroxyl groups excluding tert-OH is 1. The molecule has 158 valence electrons. The van der Waals surface area contributed by atoms with E-state index in [1.165, 1.54) is 0 Å². The third kappa shape index (κ3) is 3.14. The molecule has 2 N–H and O–H groups in total. The summed E-state index contributed by atoms with van der Waals surface area (Å²) in [5.74, 6) is 1.85. The fourth-order valence-corrected chi connectivity index (χ4v) is 3.95. The molecule has 0 fully saturated rings. The molecule has 1 atom stereocenters. The normalized spacial score (nSPS) is 12.7. The molecular formula is C22H23N7O2. The van der Waals surface area contributed by atoms with Gasteiger partial charge in [0.05, 0.1) is 34.6 Å². The topological polar surface area (TPSA) is 102 Å². The molecule has 9 nitrogen and oxygen atoms in total. The van der Waals surface area contributed by atoms with E-state index in [1.807, 2.05) is 64.4 Å². The van der Waals surface area contributed by atoms with E-state index in [0.29, 0.717) is 42.6 Å². The molecule has 1 unspecified atom stereocenters. The van der Waals surface area contributed by atoms with Crippen molar-refractivity contribution in [2.75, 3.05) is 11.9 Å². The van der Waals surface area contributed by atoms with E-state index < -0.39 is 6.10 Å². The third-order valence-corrected chi connectivity index (χ3v) is 5.40. The highest BCUT2D eigenvalue weighted by molar-refractivity contribution is 5.81. The van der Waals surface area contributed by atoms with Crippen molar-refractivity contribution in [2.24, 2.45) is 0 Å². The number of hydrogen-bond donors (Lipinski definition) is 2. The third-order valence-electron chi connectivity index (χ3n) is 5.40. The van der Waals surface area contributed by atoms with Gasteiger partial charge in [-0.25, -0.2) is 4.98 Å². The number of imidazole rings is 1. The Kier molecular flexibility index (Phi) is 4.67. The zero-order chi connectivity index (χ0) is 21.5. The number of fused-ring (bicyclic) bond motifs is 4. The van der Waals surface area contributed by atoms with Gasteiger partial charge in [-0.1, -0.05) is 24.3 Å². The smallest absolute Gasteiger partial charge is 0.262 e. The molecule has 3 heterocycles. The molecule has 0 saturated heterocycles. The number of nitrogens with zero attached hydrogens (tertiary/aromatic N) is 6. The van der Waals surface area contributed by atoms with Crippen molar-refractivity contribution < 1.29 is 5.11 Å². The highest BCUT2D eigenvalue weighted by Crippen LogP contribution is 2.22. The summed E-state index contributed by atoms with van der Waals surface area (Å²) in [7, 11) is 0. The zero-order valence-corrected chi connectivity index (χ0v) is 17.4. The SMILES string of the molecule is CCn1c(=O)c2ccccc2n2c(Cn3c(NCC(C)O)nc4ccccc43)nnc12. The second-order valence-corrected chi connectivity index (χ2v) is 7.56. The molecule has 9 heteroatoms. The van der Waals surface area contributed by atoms with Gasteiger partial charge in [0.15, 0.2) is 5.82 Å². The van der Waals surface area contributed by atoms with Gasteiger partial charge in [0.1, 0.15) is 0 Å². The first kappa shape index (κ1) is 19.3. The highest BCUT2D eigenvalue weighted by Gasteiger charge is 2.18. The lowest BCUT2D eigenvalue weighted by Crippen LogP contribution is -2.23. The van der Waals surface area contributed by atoms with Crippen LogP contribution in [0.4, 0.5) is 5.95 Å². The predicted molar refractivity (Wildman–Crippen MR) is 119 cm³/mol. The summed E-state index contributed by atoms with van der Waals surface area (Å²) in [5.41, 5.74) is 2.49. The predicted octanol–water partition coefficient (Wildman–Crippen LogP) is 2.25. The van der Waals surface area contributed by atoms with Gasteiger partial charge in [-0.05, 0) is 38.1 Å². The number of hydrogen-bond acceptors (Lipinski definition) is 6. The Morgan fingerprint density at radius 2 is 1.77 bits per heavy atom. The second kappa shape index (κ2) is 7.51. The number of nitrogens with one attached hydrogen (secondary N) is 1. The van der Waals surface area contributed by atoms with Crippen molar-refractivity contribution in [3.63, 3.8) is 0 Å². The molecule has 0 bridgehead atoms. The summed E-state index contributed by atoms with van der Waals surface area (Å²) in [6, 6.07) is 15.4. The zero-order valence-electron chi connectivity index (χ0n) is 17.4. The quantitative estimate of drug-likeness (QED) is 0.439. The van der Waals surface area contributed by atoms with Gasteiger partial charge in [-0.2, -0.15) is 0 Å². The Morgan fingerprint density at radius 1 is 1.03 bits per heavy atom. The van der Waals surface area contributed by atoms with Gasteiger partial charge in [0.25, 0.3) is 5.56 Å². The molecule has 0 aliphatic rings. The maximum Gasteiger partial charge on any atom is 0.262 e. The summed E-state index contributed by atoms with van der Waals surface area (Å²) in [4.78, 5) is 17.6. The minimum absolute atomic E-state index is 0.0723. The Labute approximate surface area is 177 Å². The Balaban J connectivity index is 1.72. The fourth-order valence-electron chi connectivity index (χ4n) is 3.95. The molecule has 2 aromatic carbocycles. The van der Waals surface area contributed by atoms with E-state index in [1.54, 1.807) is 11.5 Å². The molecular weight excluding hydrogens is 394 g/mol. The lowest BCUT2D eigenvalue weighted by Gasteiger charge is -2.13. The number of anilines is 1. The van der Waals surface area contributed by atoms with Gasteiger partial charge < -0.3 is 15.0 Å². The number of benzene rings is 2. The highest BCUT2D eigenvalue weighted by atomic mass is 16.3. The maximum absolute atomic E-state index is 12.9. The second-order valence-electron chi connectivity index (χ2n) is 7.56. The summed E-state index contributed by atoms with van der Waals surface area (Å²) < 4.78 is 5.59. The summed E-state index contributed by atoms with van der Waals surface area (Å²) >= 11 is 0. The minimum atomic E-state index is -0.509.